The summed E-state index contributed by atoms with van der Waals surface area (Å²) in [6.45, 7) is 4.13. The molecule has 1 N–H and O–H groups in total. The average molecular weight is 740 g/mol. The van der Waals surface area contributed by atoms with Gasteiger partial charge in [0.2, 0.25) is 0 Å². The Balaban J connectivity index is 1.13. The quantitative estimate of drug-likeness (QED) is 0.124. The smallest absolute Gasteiger partial charge is 0.335 e. The predicted molar refractivity (Wildman–Crippen MR) is 219 cm³/mol. The molecule has 8 nitrogen and oxygen atoms in total. The molecular formula is C48H41N3O5. The Morgan fingerprint density at radius 2 is 1.39 bits per heavy atom. The molecule has 0 radical (unpaired) electrons. The maximum absolute atomic E-state index is 14.6. The third-order valence-corrected chi connectivity index (χ3v) is 11.5. The van der Waals surface area contributed by atoms with Gasteiger partial charge in [0.1, 0.15) is 23.7 Å². The summed E-state index contributed by atoms with van der Waals surface area (Å²) in [6, 6.07) is 41.6. The van der Waals surface area contributed by atoms with Crippen molar-refractivity contribution in [2.75, 3.05) is 30.0 Å². The van der Waals surface area contributed by atoms with Crippen molar-refractivity contribution >= 4 is 46.1 Å². The molecule has 278 valence electrons. The SMILES string of the molecule is COc1ccc(/C=C2\C(=O)NC(=O)N(c3cc4c5c(c3)[C@H](c3ccccc3)CCN5CC[C@H]4c3ccccc3)C2=O)c(OCc2c(C)ccc3ccccc23)c1. The molecule has 8 heteroatoms. The summed E-state index contributed by atoms with van der Waals surface area (Å²) in [5, 5.41) is 4.66. The van der Waals surface area contributed by atoms with Crippen LogP contribution in [0.25, 0.3) is 16.8 Å². The van der Waals surface area contributed by atoms with Crippen molar-refractivity contribution in [3.8, 4) is 11.5 Å². The molecule has 2 atom stereocenters. The number of barbiturate groups is 1. The number of urea groups is 1. The molecule has 3 aliphatic rings. The lowest BCUT2D eigenvalue weighted by Gasteiger charge is -2.44. The fourth-order valence-corrected chi connectivity index (χ4v) is 8.69. The molecule has 6 aromatic rings. The third kappa shape index (κ3) is 6.27. The summed E-state index contributed by atoms with van der Waals surface area (Å²) in [4.78, 5) is 45.5. The van der Waals surface area contributed by atoms with E-state index in [0.717, 1.165) is 63.9 Å². The van der Waals surface area contributed by atoms with Crippen molar-refractivity contribution < 1.29 is 23.9 Å². The molecule has 0 spiro atoms. The van der Waals surface area contributed by atoms with E-state index in [0.29, 0.717) is 22.7 Å². The van der Waals surface area contributed by atoms with E-state index in [2.05, 4.69) is 83.0 Å². The zero-order valence-corrected chi connectivity index (χ0v) is 31.3. The maximum atomic E-state index is 14.6. The molecule has 0 aromatic heterocycles. The van der Waals surface area contributed by atoms with Crippen LogP contribution >= 0.6 is 0 Å². The lowest BCUT2D eigenvalue weighted by molar-refractivity contribution is -0.122. The standard InChI is InChI=1S/C48H41N3O5/c1-30-17-18-33-15-9-10-16-37(33)43(30)29-56-44-28-36(55-2)20-19-34(44)25-42-46(52)49-48(54)51(47(42)53)35-26-40-38(31-11-5-3-6-12-31)21-23-50-24-22-39(41(27-35)45(40)50)32-13-7-4-8-14-32/h3-20,25-28,38-39H,21-24,29H2,1-2H3,(H,49,52,54)/b42-25+/t38-,39-/m0/s1. The lowest BCUT2D eigenvalue weighted by atomic mass is 9.76. The zero-order valence-electron chi connectivity index (χ0n) is 31.3. The highest BCUT2D eigenvalue weighted by Crippen LogP contribution is 2.50. The van der Waals surface area contributed by atoms with Crippen molar-refractivity contribution in [1.82, 2.24) is 5.32 Å². The Hall–Kier alpha value is -6.67. The van der Waals surface area contributed by atoms with Crippen LogP contribution in [0, 0.1) is 6.92 Å². The summed E-state index contributed by atoms with van der Waals surface area (Å²) < 4.78 is 12.0. The first-order valence-electron chi connectivity index (χ1n) is 19.1. The zero-order chi connectivity index (χ0) is 38.3. The minimum atomic E-state index is -0.780. The van der Waals surface area contributed by atoms with Gasteiger partial charge in [0.15, 0.2) is 0 Å². The van der Waals surface area contributed by atoms with E-state index >= 15 is 0 Å². The van der Waals surface area contributed by atoms with Gasteiger partial charge >= 0.3 is 6.03 Å². The minimum absolute atomic E-state index is 0.0691. The first-order chi connectivity index (χ1) is 27.4. The molecule has 9 rings (SSSR count). The highest BCUT2D eigenvalue weighted by atomic mass is 16.5. The number of nitrogens with zero attached hydrogens (tertiary/aromatic N) is 2. The molecule has 0 unspecified atom stereocenters. The molecule has 1 saturated heterocycles. The molecule has 6 aromatic carbocycles. The molecule has 56 heavy (non-hydrogen) atoms. The monoisotopic (exact) mass is 739 g/mol. The van der Waals surface area contributed by atoms with Crippen LogP contribution in [0.3, 0.4) is 0 Å². The van der Waals surface area contributed by atoms with E-state index in [1.165, 1.54) is 22.9 Å². The Bertz CT molecular complexity index is 2480. The second-order valence-corrected chi connectivity index (χ2v) is 14.7. The van der Waals surface area contributed by atoms with Gasteiger partial charge in [-0.25, -0.2) is 9.69 Å². The molecule has 4 amide bonds. The third-order valence-electron chi connectivity index (χ3n) is 11.5. The first-order valence-corrected chi connectivity index (χ1v) is 19.1. The Kier molecular flexibility index (Phi) is 9.09. The van der Waals surface area contributed by atoms with Crippen molar-refractivity contribution in [1.29, 1.82) is 0 Å². The van der Waals surface area contributed by atoms with E-state index in [-0.39, 0.29) is 24.0 Å². The number of benzene rings is 6. The Labute approximate surface area is 326 Å². The van der Waals surface area contributed by atoms with Crippen LogP contribution < -0.4 is 24.6 Å². The fraction of sp³-hybridized carbons (Fsp3) is 0.188. The summed E-state index contributed by atoms with van der Waals surface area (Å²) in [6.07, 6.45) is 3.31. The number of rotatable bonds is 8. The van der Waals surface area contributed by atoms with Gasteiger partial charge in [0.05, 0.1) is 12.8 Å². The number of nitrogens with one attached hydrogen (secondary N) is 1. The molecular weight excluding hydrogens is 699 g/mol. The Morgan fingerprint density at radius 1 is 0.750 bits per heavy atom. The van der Waals surface area contributed by atoms with Crippen LogP contribution in [0.2, 0.25) is 0 Å². The number of aryl methyl sites for hydroxylation is 1. The molecule has 0 saturated carbocycles. The van der Waals surface area contributed by atoms with Gasteiger partial charge in [-0.15, -0.1) is 0 Å². The van der Waals surface area contributed by atoms with Gasteiger partial charge in [0, 0.05) is 47.8 Å². The van der Waals surface area contributed by atoms with Crippen LogP contribution in [0.5, 0.6) is 11.5 Å². The van der Waals surface area contributed by atoms with Crippen molar-refractivity contribution in [2.45, 2.75) is 38.2 Å². The van der Waals surface area contributed by atoms with Crippen LogP contribution in [0.15, 0.2) is 133 Å². The van der Waals surface area contributed by atoms with Crippen molar-refractivity contribution in [3.63, 3.8) is 0 Å². The summed E-state index contributed by atoms with van der Waals surface area (Å²) in [5.41, 5.74) is 8.57. The Morgan fingerprint density at radius 3 is 2.05 bits per heavy atom. The number of carbonyl (C=O) groups is 3. The summed E-state index contributed by atoms with van der Waals surface area (Å²) in [5.74, 6) is -0.334. The van der Waals surface area contributed by atoms with Gasteiger partial charge in [-0.05, 0) is 88.7 Å². The van der Waals surface area contributed by atoms with Gasteiger partial charge in [-0.3, -0.25) is 14.9 Å². The summed E-state index contributed by atoms with van der Waals surface area (Å²) >= 11 is 0. The van der Waals surface area contributed by atoms with E-state index in [4.69, 9.17) is 9.47 Å². The van der Waals surface area contributed by atoms with Crippen LogP contribution in [-0.4, -0.2) is 38.0 Å². The van der Waals surface area contributed by atoms with Gasteiger partial charge < -0.3 is 14.4 Å². The van der Waals surface area contributed by atoms with Crippen LogP contribution in [0.4, 0.5) is 16.2 Å². The van der Waals surface area contributed by atoms with Crippen LogP contribution in [0.1, 0.15) is 63.6 Å². The second kappa shape index (κ2) is 14.5. The number of methoxy groups -OCH3 is 1. The maximum Gasteiger partial charge on any atom is 0.335 e. The van der Waals surface area contributed by atoms with Gasteiger partial charge in [-0.2, -0.15) is 0 Å². The van der Waals surface area contributed by atoms with Gasteiger partial charge in [-0.1, -0.05) is 97.1 Å². The molecule has 3 aliphatic heterocycles. The lowest BCUT2D eigenvalue weighted by Crippen LogP contribution is -2.54. The number of imide groups is 2. The number of hydrogen-bond donors (Lipinski definition) is 1. The minimum Gasteiger partial charge on any atom is -0.497 e. The number of ether oxygens (including phenoxy) is 2. The van der Waals surface area contributed by atoms with Crippen molar-refractivity contribution in [3.05, 3.63) is 172 Å². The topological polar surface area (TPSA) is 88.2 Å². The highest BCUT2D eigenvalue weighted by molar-refractivity contribution is 6.39. The fourth-order valence-electron chi connectivity index (χ4n) is 8.69. The first kappa shape index (κ1) is 35.1. The predicted octanol–water partition coefficient (Wildman–Crippen LogP) is 9.28. The largest absolute Gasteiger partial charge is 0.497 e. The normalized spacial score (nSPS) is 18.5. The number of amides is 4. The highest BCUT2D eigenvalue weighted by Gasteiger charge is 2.40. The molecule has 3 heterocycles. The second-order valence-electron chi connectivity index (χ2n) is 14.7. The molecule has 1 fully saturated rings. The summed E-state index contributed by atoms with van der Waals surface area (Å²) in [7, 11) is 1.57. The number of carbonyl (C=O) groups excluding carboxylic acids is 3. The molecule has 0 bridgehead atoms. The molecule has 0 aliphatic carbocycles. The van der Waals surface area contributed by atoms with E-state index in [1.807, 2.05) is 43.3 Å². The average Bonchev–Trinajstić information content (AvgIpc) is 3.23. The van der Waals surface area contributed by atoms with Crippen molar-refractivity contribution in [2.24, 2.45) is 0 Å². The van der Waals surface area contributed by atoms with E-state index < -0.39 is 17.8 Å². The number of fused-ring (bicyclic) bond motifs is 1. The van der Waals surface area contributed by atoms with E-state index in [9.17, 15) is 14.4 Å². The van der Waals surface area contributed by atoms with E-state index in [1.54, 1.807) is 25.3 Å². The number of anilines is 2. The van der Waals surface area contributed by atoms with Gasteiger partial charge in [0.25, 0.3) is 11.8 Å². The van der Waals surface area contributed by atoms with Crippen LogP contribution in [-0.2, 0) is 16.2 Å². The number of hydrogen-bond acceptors (Lipinski definition) is 6.